The molecule has 18 heavy (non-hydrogen) atoms. The third-order valence-corrected chi connectivity index (χ3v) is 3.37. The summed E-state index contributed by atoms with van der Waals surface area (Å²) < 4.78 is 0. The van der Waals surface area contributed by atoms with Crippen LogP contribution in [0, 0.1) is 6.92 Å². The number of amides is 1. The molecular formula is C14H14N2OS. The fraction of sp³-hybridized carbons (Fsp3) is 0.143. The number of hydrogen-bond donors (Lipinski definition) is 1. The number of carbonyl (C=O) groups is 1. The topological polar surface area (TPSA) is 41.5 Å². The fourth-order valence-electron chi connectivity index (χ4n) is 1.53. The summed E-state index contributed by atoms with van der Waals surface area (Å²) in [5, 5.41) is 5.98. The molecule has 0 saturated carbocycles. The van der Waals surface area contributed by atoms with Gasteiger partial charge >= 0.3 is 0 Å². The Bertz CT molecular complexity index is 573. The molecule has 1 aromatic carbocycles. The van der Waals surface area contributed by atoms with Crippen LogP contribution in [0.1, 0.15) is 27.7 Å². The first-order valence-corrected chi connectivity index (χ1v) is 6.50. The van der Waals surface area contributed by atoms with Crippen molar-refractivity contribution >= 4 is 23.0 Å². The van der Waals surface area contributed by atoms with Gasteiger partial charge in [0.1, 0.15) is 0 Å². The molecule has 1 heterocycles. The van der Waals surface area contributed by atoms with Gasteiger partial charge in [0.15, 0.2) is 0 Å². The number of hydrogen-bond acceptors (Lipinski definition) is 3. The lowest BCUT2D eigenvalue weighted by molar-refractivity contribution is 0.0959. The largest absolute Gasteiger partial charge is 0.281 e. The normalized spacial score (nSPS) is 11.3. The molecule has 0 bridgehead atoms. The van der Waals surface area contributed by atoms with Crippen molar-refractivity contribution in [3.05, 3.63) is 57.8 Å². The van der Waals surface area contributed by atoms with Crippen molar-refractivity contribution in [2.45, 2.75) is 13.8 Å². The maximum atomic E-state index is 11.7. The molecule has 1 amide bonds. The lowest BCUT2D eigenvalue weighted by Crippen LogP contribution is -2.18. The Kier molecular flexibility index (Phi) is 3.89. The number of nitrogens with one attached hydrogen (secondary N) is 1. The summed E-state index contributed by atoms with van der Waals surface area (Å²) in [6, 6.07) is 11.6. The molecule has 2 rings (SSSR count). The van der Waals surface area contributed by atoms with Gasteiger partial charge in [-0.1, -0.05) is 35.9 Å². The van der Waals surface area contributed by atoms with Crippen LogP contribution in [0.4, 0.5) is 0 Å². The summed E-state index contributed by atoms with van der Waals surface area (Å²) in [4.78, 5) is 12.4. The van der Waals surface area contributed by atoms with Gasteiger partial charge < -0.3 is 0 Å². The van der Waals surface area contributed by atoms with Crippen molar-refractivity contribution < 1.29 is 4.79 Å². The van der Waals surface area contributed by atoms with Gasteiger partial charge in [0, 0.05) is 0 Å². The minimum atomic E-state index is -0.169. The maximum Gasteiger partial charge on any atom is 0.281 e. The lowest BCUT2D eigenvalue weighted by Gasteiger charge is -2.02. The number of thiophene rings is 1. The van der Waals surface area contributed by atoms with Gasteiger partial charge in [-0.2, -0.15) is 5.10 Å². The molecule has 92 valence electrons. The Morgan fingerprint density at radius 2 is 2.11 bits per heavy atom. The molecule has 0 unspecified atom stereocenters. The highest BCUT2D eigenvalue weighted by atomic mass is 32.1. The fourth-order valence-corrected chi connectivity index (χ4v) is 2.15. The van der Waals surface area contributed by atoms with E-state index in [1.165, 1.54) is 16.9 Å². The number of hydrazone groups is 1. The van der Waals surface area contributed by atoms with Crippen LogP contribution in [0.5, 0.6) is 0 Å². The summed E-state index contributed by atoms with van der Waals surface area (Å²) in [7, 11) is 0. The van der Waals surface area contributed by atoms with Gasteiger partial charge in [0.2, 0.25) is 0 Å². The van der Waals surface area contributed by atoms with E-state index in [4.69, 9.17) is 0 Å². The van der Waals surface area contributed by atoms with E-state index in [2.05, 4.69) is 10.5 Å². The van der Waals surface area contributed by atoms with E-state index in [9.17, 15) is 4.79 Å². The third kappa shape index (κ3) is 3.05. The van der Waals surface area contributed by atoms with Crippen LogP contribution in [-0.4, -0.2) is 11.6 Å². The molecule has 0 fully saturated rings. The van der Waals surface area contributed by atoms with Crippen LogP contribution >= 0.6 is 11.3 Å². The number of aryl methyl sites for hydroxylation is 1. The molecule has 2 aromatic rings. The second-order valence-corrected chi connectivity index (χ2v) is 4.93. The van der Waals surface area contributed by atoms with Crippen LogP contribution < -0.4 is 5.43 Å². The number of benzene rings is 1. The molecule has 0 aliphatic heterocycles. The molecular weight excluding hydrogens is 244 g/mol. The second-order valence-electron chi connectivity index (χ2n) is 3.98. The first kappa shape index (κ1) is 12.5. The third-order valence-electron chi connectivity index (χ3n) is 2.51. The minimum absolute atomic E-state index is 0.169. The monoisotopic (exact) mass is 258 g/mol. The van der Waals surface area contributed by atoms with Gasteiger partial charge in [-0.05, 0) is 30.9 Å². The minimum Gasteiger partial charge on any atom is -0.266 e. The van der Waals surface area contributed by atoms with Gasteiger partial charge in [-0.3, -0.25) is 4.79 Å². The molecule has 1 aromatic heterocycles. The number of carbonyl (C=O) groups excluding carboxylic acids is 1. The van der Waals surface area contributed by atoms with Crippen molar-refractivity contribution in [2.75, 3.05) is 0 Å². The Morgan fingerprint density at radius 1 is 1.28 bits per heavy atom. The van der Waals surface area contributed by atoms with Gasteiger partial charge in [0.25, 0.3) is 5.91 Å². The summed E-state index contributed by atoms with van der Waals surface area (Å²) in [5.41, 5.74) is 5.55. The highest BCUT2D eigenvalue weighted by Gasteiger charge is 2.05. The Morgan fingerprint density at radius 3 is 2.78 bits per heavy atom. The Labute approximate surface area is 110 Å². The Balaban J connectivity index is 2.08. The standard InChI is InChI=1S/C14H14N2OS/c1-10-5-3-6-12(9-10)11(2)15-16-14(17)13-7-4-8-18-13/h3-9H,1-2H3,(H,16,17)/b15-11-. The van der Waals surface area contributed by atoms with E-state index in [1.54, 1.807) is 6.07 Å². The smallest absolute Gasteiger partial charge is 0.266 e. The van der Waals surface area contributed by atoms with Crippen molar-refractivity contribution in [1.82, 2.24) is 5.43 Å². The molecule has 0 saturated heterocycles. The first-order valence-electron chi connectivity index (χ1n) is 5.62. The zero-order valence-corrected chi connectivity index (χ0v) is 11.1. The van der Waals surface area contributed by atoms with Crippen LogP contribution in [0.15, 0.2) is 46.9 Å². The molecule has 0 aliphatic carbocycles. The van der Waals surface area contributed by atoms with Crippen molar-refractivity contribution in [3.8, 4) is 0 Å². The van der Waals surface area contributed by atoms with Crippen molar-refractivity contribution in [1.29, 1.82) is 0 Å². The quantitative estimate of drug-likeness (QED) is 0.666. The zero-order valence-electron chi connectivity index (χ0n) is 10.3. The molecule has 0 spiro atoms. The van der Waals surface area contributed by atoms with Crippen LogP contribution in [-0.2, 0) is 0 Å². The first-order chi connectivity index (χ1) is 8.66. The average molecular weight is 258 g/mol. The van der Waals surface area contributed by atoms with E-state index < -0.39 is 0 Å². The van der Waals surface area contributed by atoms with E-state index in [1.807, 2.05) is 49.6 Å². The van der Waals surface area contributed by atoms with Crippen molar-refractivity contribution in [2.24, 2.45) is 5.10 Å². The zero-order chi connectivity index (χ0) is 13.0. The lowest BCUT2D eigenvalue weighted by atomic mass is 10.1. The maximum absolute atomic E-state index is 11.7. The van der Waals surface area contributed by atoms with Gasteiger partial charge in [0.05, 0.1) is 10.6 Å². The molecule has 0 radical (unpaired) electrons. The summed E-state index contributed by atoms with van der Waals surface area (Å²) in [6.07, 6.45) is 0. The van der Waals surface area contributed by atoms with E-state index in [-0.39, 0.29) is 5.91 Å². The molecule has 4 heteroatoms. The summed E-state index contributed by atoms with van der Waals surface area (Å²) >= 11 is 1.40. The highest BCUT2D eigenvalue weighted by molar-refractivity contribution is 7.12. The molecule has 0 aliphatic rings. The molecule has 0 atom stereocenters. The van der Waals surface area contributed by atoms with Crippen molar-refractivity contribution in [3.63, 3.8) is 0 Å². The van der Waals surface area contributed by atoms with Crippen LogP contribution in [0.3, 0.4) is 0 Å². The second kappa shape index (κ2) is 5.60. The number of nitrogens with zero attached hydrogens (tertiary/aromatic N) is 1. The molecule has 3 nitrogen and oxygen atoms in total. The number of rotatable bonds is 3. The van der Waals surface area contributed by atoms with Crippen LogP contribution in [0.2, 0.25) is 0 Å². The highest BCUT2D eigenvalue weighted by Crippen LogP contribution is 2.08. The summed E-state index contributed by atoms with van der Waals surface area (Å²) in [6.45, 7) is 3.91. The van der Waals surface area contributed by atoms with E-state index in [0.717, 1.165) is 11.3 Å². The Hall–Kier alpha value is -1.94. The van der Waals surface area contributed by atoms with Crippen LogP contribution in [0.25, 0.3) is 0 Å². The van der Waals surface area contributed by atoms with Gasteiger partial charge in [-0.25, -0.2) is 5.43 Å². The van der Waals surface area contributed by atoms with E-state index in [0.29, 0.717) is 4.88 Å². The predicted octanol–water partition coefficient (Wildman–Crippen LogP) is 3.21. The predicted molar refractivity (Wildman–Crippen MR) is 75.2 cm³/mol. The summed E-state index contributed by atoms with van der Waals surface area (Å²) in [5.74, 6) is -0.169. The SMILES string of the molecule is C/C(=N/NC(=O)c1cccs1)c1cccc(C)c1. The van der Waals surface area contributed by atoms with Gasteiger partial charge in [-0.15, -0.1) is 11.3 Å². The average Bonchev–Trinajstić information content (AvgIpc) is 2.89. The molecule has 1 N–H and O–H groups in total. The van der Waals surface area contributed by atoms with E-state index >= 15 is 0 Å².